The number of nitrogens with zero attached hydrogens (tertiary/aromatic N) is 2. The molecule has 0 radical (unpaired) electrons. The normalized spacial score (nSPS) is 19.7. The van der Waals surface area contributed by atoms with E-state index >= 15 is 0 Å². The van der Waals surface area contributed by atoms with E-state index in [1.54, 1.807) is 28.0 Å². The summed E-state index contributed by atoms with van der Waals surface area (Å²) in [7, 11) is 0. The van der Waals surface area contributed by atoms with E-state index in [2.05, 4.69) is 0 Å². The van der Waals surface area contributed by atoms with Crippen molar-refractivity contribution in [1.82, 2.24) is 4.90 Å². The minimum Gasteiger partial charge on any atom is -0.311 e. The lowest BCUT2D eigenvalue weighted by Crippen LogP contribution is -2.50. The topological polar surface area (TPSA) is 40.6 Å². The lowest BCUT2D eigenvalue weighted by Gasteiger charge is -2.33. The molecule has 0 bridgehead atoms. The van der Waals surface area contributed by atoms with E-state index in [0.717, 1.165) is 22.4 Å². The Morgan fingerprint density at radius 1 is 1.03 bits per heavy atom. The van der Waals surface area contributed by atoms with Crippen molar-refractivity contribution in [3.8, 4) is 0 Å². The van der Waals surface area contributed by atoms with Gasteiger partial charge in [-0.2, -0.15) is 0 Å². The molecule has 32 heavy (non-hydrogen) atoms. The molecule has 4 nitrogen and oxygen atoms in total. The van der Waals surface area contributed by atoms with E-state index in [4.69, 9.17) is 0 Å². The van der Waals surface area contributed by atoms with Crippen LogP contribution in [0.3, 0.4) is 0 Å². The summed E-state index contributed by atoms with van der Waals surface area (Å²) in [5.41, 5.74) is 3.47. The minimum absolute atomic E-state index is 0.213. The SMILES string of the molecule is Cc1ccc2c(c1)[C@@]1(SCCN1C(=O)c1cccc(F)c1)C(=O)N2Cc1ccc(F)cc1. The quantitative estimate of drug-likeness (QED) is 0.572. The second-order valence-electron chi connectivity index (χ2n) is 8.00. The van der Waals surface area contributed by atoms with E-state index in [9.17, 15) is 18.4 Å². The highest BCUT2D eigenvalue weighted by molar-refractivity contribution is 8.01. The van der Waals surface area contributed by atoms with Crippen molar-refractivity contribution in [2.24, 2.45) is 0 Å². The zero-order chi connectivity index (χ0) is 22.5. The number of fused-ring (bicyclic) bond motifs is 2. The van der Waals surface area contributed by atoms with Crippen LogP contribution < -0.4 is 4.90 Å². The summed E-state index contributed by atoms with van der Waals surface area (Å²) in [5.74, 6) is -0.839. The van der Waals surface area contributed by atoms with Gasteiger partial charge in [0, 0.05) is 23.4 Å². The molecule has 3 aromatic rings. The van der Waals surface area contributed by atoms with Crippen LogP contribution in [0.2, 0.25) is 0 Å². The van der Waals surface area contributed by atoms with Crippen molar-refractivity contribution < 1.29 is 18.4 Å². The lowest BCUT2D eigenvalue weighted by molar-refractivity contribution is -0.123. The average molecular weight is 451 g/mol. The molecule has 2 aliphatic heterocycles. The van der Waals surface area contributed by atoms with Gasteiger partial charge in [-0.3, -0.25) is 9.59 Å². The third-order valence-electron chi connectivity index (χ3n) is 5.92. The Bertz CT molecular complexity index is 1230. The third kappa shape index (κ3) is 3.19. The van der Waals surface area contributed by atoms with Gasteiger partial charge in [0.25, 0.3) is 11.8 Å². The fraction of sp³-hybridized carbons (Fsp3) is 0.200. The van der Waals surface area contributed by atoms with Crippen molar-refractivity contribution in [2.45, 2.75) is 18.3 Å². The van der Waals surface area contributed by atoms with Crippen LogP contribution in [0.1, 0.15) is 27.0 Å². The summed E-state index contributed by atoms with van der Waals surface area (Å²) >= 11 is 1.42. The fourth-order valence-electron chi connectivity index (χ4n) is 4.44. The molecule has 0 aromatic heterocycles. The Kier molecular flexibility index (Phi) is 5.01. The number of hydrogen-bond acceptors (Lipinski definition) is 3. The predicted molar refractivity (Wildman–Crippen MR) is 120 cm³/mol. The molecule has 0 saturated carbocycles. The number of thioether (sulfide) groups is 1. The summed E-state index contributed by atoms with van der Waals surface area (Å²) < 4.78 is 27.2. The van der Waals surface area contributed by atoms with Crippen LogP contribution in [0.5, 0.6) is 0 Å². The van der Waals surface area contributed by atoms with E-state index in [0.29, 0.717) is 12.3 Å². The molecule has 0 unspecified atom stereocenters. The Morgan fingerprint density at radius 2 is 1.81 bits per heavy atom. The average Bonchev–Trinajstić information content (AvgIpc) is 3.32. The number of amides is 2. The first-order valence-corrected chi connectivity index (χ1v) is 11.3. The summed E-state index contributed by atoms with van der Waals surface area (Å²) in [6, 6.07) is 17.4. The highest BCUT2D eigenvalue weighted by Crippen LogP contribution is 2.55. The summed E-state index contributed by atoms with van der Waals surface area (Å²) in [6.07, 6.45) is 0. The molecule has 162 valence electrons. The van der Waals surface area contributed by atoms with Gasteiger partial charge < -0.3 is 9.80 Å². The number of hydrogen-bond donors (Lipinski definition) is 0. The van der Waals surface area contributed by atoms with Crippen LogP contribution in [0.4, 0.5) is 14.5 Å². The van der Waals surface area contributed by atoms with E-state index in [1.807, 2.05) is 25.1 Å². The Hall–Kier alpha value is -3.19. The largest absolute Gasteiger partial charge is 0.311 e. The van der Waals surface area contributed by atoms with Crippen molar-refractivity contribution in [3.63, 3.8) is 0 Å². The first-order chi connectivity index (χ1) is 15.4. The lowest BCUT2D eigenvalue weighted by atomic mass is 10.0. The molecule has 2 heterocycles. The van der Waals surface area contributed by atoms with Gasteiger partial charge in [-0.05, 0) is 48.9 Å². The number of rotatable bonds is 3. The molecule has 3 aromatic carbocycles. The van der Waals surface area contributed by atoms with Crippen molar-refractivity contribution in [2.75, 3.05) is 17.2 Å². The van der Waals surface area contributed by atoms with Gasteiger partial charge in [0.2, 0.25) is 0 Å². The second-order valence-corrected chi connectivity index (χ2v) is 9.29. The maximum atomic E-state index is 13.9. The molecule has 2 amide bonds. The van der Waals surface area contributed by atoms with Gasteiger partial charge in [0.1, 0.15) is 11.6 Å². The first-order valence-electron chi connectivity index (χ1n) is 10.3. The van der Waals surface area contributed by atoms with Crippen LogP contribution in [-0.2, 0) is 16.2 Å². The number of aryl methyl sites for hydroxylation is 1. The van der Waals surface area contributed by atoms with Crippen LogP contribution in [0, 0.1) is 18.6 Å². The molecule has 0 aliphatic carbocycles. The number of benzene rings is 3. The minimum atomic E-state index is -1.20. The molecule has 1 spiro atoms. The molecule has 1 saturated heterocycles. The van der Waals surface area contributed by atoms with E-state index in [-0.39, 0.29) is 29.7 Å². The maximum Gasteiger partial charge on any atom is 0.268 e. The van der Waals surface area contributed by atoms with Crippen LogP contribution >= 0.6 is 11.8 Å². The Morgan fingerprint density at radius 3 is 2.56 bits per heavy atom. The van der Waals surface area contributed by atoms with Gasteiger partial charge in [-0.1, -0.05) is 35.9 Å². The smallest absolute Gasteiger partial charge is 0.268 e. The first kappa shape index (κ1) is 20.7. The zero-order valence-corrected chi connectivity index (χ0v) is 18.2. The third-order valence-corrected chi connectivity index (χ3v) is 7.34. The van der Waals surface area contributed by atoms with Gasteiger partial charge in [0.15, 0.2) is 4.87 Å². The van der Waals surface area contributed by atoms with Crippen LogP contribution in [0.15, 0.2) is 66.7 Å². The molecular weight excluding hydrogens is 430 g/mol. The highest BCUT2D eigenvalue weighted by atomic mass is 32.2. The number of carbonyl (C=O) groups excluding carboxylic acids is 2. The van der Waals surface area contributed by atoms with Crippen LogP contribution in [-0.4, -0.2) is 29.0 Å². The van der Waals surface area contributed by atoms with Crippen molar-refractivity contribution in [1.29, 1.82) is 0 Å². The highest BCUT2D eigenvalue weighted by Gasteiger charge is 2.59. The number of anilines is 1. The van der Waals surface area contributed by atoms with Gasteiger partial charge in [-0.15, -0.1) is 11.8 Å². The van der Waals surface area contributed by atoms with Crippen LogP contribution in [0.25, 0.3) is 0 Å². The second kappa shape index (κ2) is 7.74. The zero-order valence-electron chi connectivity index (χ0n) is 17.3. The monoisotopic (exact) mass is 450 g/mol. The molecule has 2 aliphatic rings. The molecule has 1 atom stereocenters. The molecule has 1 fully saturated rings. The standard InChI is InChI=1S/C25H20F2N2O2S/c1-16-5-10-22-21(13-16)25(24(31)28(22)15-17-6-8-19(26)9-7-17)29(11-12-32-25)23(30)18-3-2-4-20(27)14-18/h2-10,13-14H,11-12,15H2,1H3/t25-/m1/s1. The van der Waals surface area contributed by atoms with Crippen molar-refractivity contribution in [3.05, 3.63) is 101 Å². The summed E-state index contributed by atoms with van der Waals surface area (Å²) in [5, 5.41) is 0. The fourth-order valence-corrected chi connectivity index (χ4v) is 5.89. The molecule has 0 N–H and O–H groups in total. The van der Waals surface area contributed by atoms with E-state index < -0.39 is 10.7 Å². The van der Waals surface area contributed by atoms with Gasteiger partial charge in [0.05, 0.1) is 12.2 Å². The number of carbonyl (C=O) groups is 2. The van der Waals surface area contributed by atoms with Gasteiger partial charge in [-0.25, -0.2) is 8.78 Å². The summed E-state index contributed by atoms with van der Waals surface area (Å²) in [4.78, 5) is 29.4. The Labute approximate surface area is 188 Å². The summed E-state index contributed by atoms with van der Waals surface area (Å²) in [6.45, 7) is 2.59. The molecular formula is C25H20F2N2O2S. The maximum absolute atomic E-state index is 13.9. The molecule has 7 heteroatoms. The van der Waals surface area contributed by atoms with Crippen molar-refractivity contribution >= 4 is 29.3 Å². The van der Waals surface area contributed by atoms with E-state index in [1.165, 1.54) is 42.1 Å². The Balaban J connectivity index is 1.59. The molecule has 5 rings (SSSR count). The predicted octanol–water partition coefficient (Wildman–Crippen LogP) is 4.86. The van der Waals surface area contributed by atoms with Gasteiger partial charge >= 0.3 is 0 Å². The number of halogens is 2.